The van der Waals surface area contributed by atoms with E-state index in [4.69, 9.17) is 4.99 Å². The second-order valence-corrected chi connectivity index (χ2v) is 9.80. The molecule has 3 atom stereocenters. The number of guanidine groups is 1. The van der Waals surface area contributed by atoms with Crippen LogP contribution in [-0.4, -0.2) is 68.1 Å². The van der Waals surface area contributed by atoms with Gasteiger partial charge in [0.1, 0.15) is 0 Å². The Morgan fingerprint density at radius 1 is 1.21 bits per heavy atom. The van der Waals surface area contributed by atoms with Crippen molar-refractivity contribution in [2.24, 2.45) is 16.8 Å². The van der Waals surface area contributed by atoms with E-state index in [0.717, 1.165) is 37.6 Å². The SMILES string of the molecule is CCNC(=NCC1CCN(C2CC2)C1)NCC1CCCN(C)C1c1cccs1.I. The van der Waals surface area contributed by atoms with Crippen LogP contribution in [0.2, 0.25) is 0 Å². The summed E-state index contributed by atoms with van der Waals surface area (Å²) in [6.07, 6.45) is 6.73. The molecule has 0 amide bonds. The number of thiophene rings is 1. The van der Waals surface area contributed by atoms with Crippen molar-refractivity contribution in [3.63, 3.8) is 0 Å². The Kier molecular flexibility index (Phi) is 9.07. The van der Waals surface area contributed by atoms with E-state index in [9.17, 15) is 0 Å². The fraction of sp³-hybridized carbons (Fsp3) is 0.773. The van der Waals surface area contributed by atoms with Gasteiger partial charge >= 0.3 is 0 Å². The standard InChI is InChI=1S/C22H37N5S.HI/c1-3-23-22(24-14-17-10-12-27(16-17)19-8-9-19)25-15-18-6-4-11-26(2)21(18)20-7-5-13-28-20;/h5,7,13,17-19,21H,3-4,6,8-12,14-16H2,1-2H3,(H2,23,24,25);1H. The highest BCUT2D eigenvalue weighted by Gasteiger charge is 2.34. The maximum atomic E-state index is 4.96. The molecule has 1 saturated carbocycles. The van der Waals surface area contributed by atoms with E-state index in [1.54, 1.807) is 0 Å². The van der Waals surface area contributed by atoms with Crippen molar-refractivity contribution in [1.29, 1.82) is 0 Å². The molecular formula is C22H38IN5S. The molecule has 4 rings (SSSR count). The normalized spacial score (nSPS) is 28.9. The van der Waals surface area contributed by atoms with Crippen LogP contribution in [0.3, 0.4) is 0 Å². The van der Waals surface area contributed by atoms with Gasteiger partial charge in [-0.2, -0.15) is 0 Å². The molecule has 29 heavy (non-hydrogen) atoms. The third kappa shape index (κ3) is 6.31. The van der Waals surface area contributed by atoms with Gasteiger partial charge in [-0.15, -0.1) is 35.3 Å². The molecule has 2 saturated heterocycles. The predicted molar refractivity (Wildman–Crippen MR) is 135 cm³/mol. The molecule has 1 aromatic rings. The van der Waals surface area contributed by atoms with Crippen molar-refractivity contribution in [3.05, 3.63) is 22.4 Å². The van der Waals surface area contributed by atoms with Crippen molar-refractivity contribution < 1.29 is 0 Å². The van der Waals surface area contributed by atoms with E-state index < -0.39 is 0 Å². The monoisotopic (exact) mass is 531 g/mol. The topological polar surface area (TPSA) is 42.9 Å². The Morgan fingerprint density at radius 2 is 2.07 bits per heavy atom. The molecule has 0 bridgehead atoms. The highest BCUT2D eigenvalue weighted by atomic mass is 127. The van der Waals surface area contributed by atoms with Crippen LogP contribution >= 0.6 is 35.3 Å². The first kappa shape index (κ1) is 23.3. The van der Waals surface area contributed by atoms with Crippen LogP contribution in [0.25, 0.3) is 0 Å². The van der Waals surface area contributed by atoms with Gasteiger partial charge in [0.25, 0.3) is 0 Å². The average Bonchev–Trinajstić information content (AvgIpc) is 3.20. The Morgan fingerprint density at radius 3 is 2.79 bits per heavy atom. The number of likely N-dealkylation sites (tertiary alicyclic amines) is 2. The summed E-state index contributed by atoms with van der Waals surface area (Å²) in [5, 5.41) is 9.35. The van der Waals surface area contributed by atoms with Gasteiger partial charge in [-0.1, -0.05) is 6.07 Å². The Hall–Kier alpha value is -0.380. The minimum atomic E-state index is 0. The van der Waals surface area contributed by atoms with Gasteiger partial charge in [0.15, 0.2) is 5.96 Å². The highest BCUT2D eigenvalue weighted by Crippen LogP contribution is 2.36. The van der Waals surface area contributed by atoms with E-state index in [1.807, 2.05) is 11.3 Å². The summed E-state index contributed by atoms with van der Waals surface area (Å²) in [5.74, 6) is 2.37. The largest absolute Gasteiger partial charge is 0.357 e. The van der Waals surface area contributed by atoms with Crippen LogP contribution in [0.15, 0.2) is 22.5 Å². The minimum Gasteiger partial charge on any atom is -0.357 e. The molecule has 3 heterocycles. The predicted octanol–water partition coefficient (Wildman–Crippen LogP) is 3.79. The number of halogens is 1. The number of nitrogens with zero attached hydrogens (tertiary/aromatic N) is 3. The molecule has 0 radical (unpaired) electrons. The minimum absolute atomic E-state index is 0. The number of hydrogen-bond donors (Lipinski definition) is 2. The third-order valence-corrected chi connectivity index (χ3v) is 7.55. The summed E-state index contributed by atoms with van der Waals surface area (Å²) < 4.78 is 0. The summed E-state index contributed by atoms with van der Waals surface area (Å²) in [7, 11) is 2.28. The zero-order chi connectivity index (χ0) is 19.3. The first-order valence-electron chi connectivity index (χ1n) is 11.2. The van der Waals surface area contributed by atoms with Gasteiger partial charge in [0, 0.05) is 43.1 Å². The zero-order valence-corrected chi connectivity index (χ0v) is 21.1. The molecule has 0 aromatic carbocycles. The van der Waals surface area contributed by atoms with Crippen molar-refractivity contribution in [2.75, 3.05) is 46.3 Å². The van der Waals surface area contributed by atoms with E-state index in [2.05, 4.69) is 51.9 Å². The molecule has 5 nitrogen and oxygen atoms in total. The number of piperidine rings is 1. The van der Waals surface area contributed by atoms with Crippen molar-refractivity contribution in [1.82, 2.24) is 20.4 Å². The lowest BCUT2D eigenvalue weighted by Gasteiger charge is -2.39. The van der Waals surface area contributed by atoms with Crippen LogP contribution in [0.4, 0.5) is 0 Å². The van der Waals surface area contributed by atoms with Gasteiger partial charge in [0.05, 0.1) is 0 Å². The number of aliphatic imine (C=N–C) groups is 1. The van der Waals surface area contributed by atoms with Crippen LogP contribution in [0, 0.1) is 11.8 Å². The second kappa shape index (κ2) is 11.3. The molecule has 2 N–H and O–H groups in total. The molecule has 3 fully saturated rings. The van der Waals surface area contributed by atoms with Gasteiger partial charge < -0.3 is 15.5 Å². The van der Waals surface area contributed by atoms with Gasteiger partial charge in [-0.25, -0.2) is 0 Å². The van der Waals surface area contributed by atoms with E-state index in [0.29, 0.717) is 12.0 Å². The van der Waals surface area contributed by atoms with Gasteiger partial charge in [0.2, 0.25) is 0 Å². The zero-order valence-electron chi connectivity index (χ0n) is 18.0. The van der Waals surface area contributed by atoms with Crippen LogP contribution in [-0.2, 0) is 0 Å². The Labute approximate surface area is 197 Å². The maximum Gasteiger partial charge on any atom is 0.191 e. The molecule has 7 heteroatoms. The lowest BCUT2D eigenvalue weighted by molar-refractivity contribution is 0.125. The molecule has 164 valence electrons. The van der Waals surface area contributed by atoms with Crippen molar-refractivity contribution >= 4 is 41.3 Å². The number of hydrogen-bond acceptors (Lipinski definition) is 4. The fourth-order valence-corrected chi connectivity index (χ4v) is 5.94. The lowest BCUT2D eigenvalue weighted by Crippen LogP contribution is -2.45. The van der Waals surface area contributed by atoms with E-state index in [-0.39, 0.29) is 24.0 Å². The van der Waals surface area contributed by atoms with Crippen molar-refractivity contribution in [2.45, 2.75) is 51.1 Å². The molecule has 0 spiro atoms. The number of rotatable bonds is 7. The fourth-order valence-electron chi connectivity index (χ4n) is 4.96. The quantitative estimate of drug-likeness (QED) is 0.319. The summed E-state index contributed by atoms with van der Waals surface area (Å²) in [6.45, 7) is 8.77. The average molecular weight is 532 g/mol. The van der Waals surface area contributed by atoms with Gasteiger partial charge in [-0.05, 0) is 82.4 Å². The molecule has 1 aliphatic carbocycles. The maximum absolute atomic E-state index is 4.96. The first-order chi connectivity index (χ1) is 13.7. The second-order valence-electron chi connectivity index (χ2n) is 8.82. The van der Waals surface area contributed by atoms with Crippen LogP contribution < -0.4 is 10.6 Å². The molecule has 3 aliphatic rings. The lowest BCUT2D eigenvalue weighted by atomic mass is 9.88. The molecule has 1 aromatic heterocycles. The van der Waals surface area contributed by atoms with E-state index in [1.165, 1.54) is 56.6 Å². The summed E-state index contributed by atoms with van der Waals surface area (Å²) in [5.41, 5.74) is 0. The summed E-state index contributed by atoms with van der Waals surface area (Å²) >= 11 is 1.90. The smallest absolute Gasteiger partial charge is 0.191 e. The summed E-state index contributed by atoms with van der Waals surface area (Å²) in [4.78, 5) is 11.7. The first-order valence-corrected chi connectivity index (χ1v) is 12.1. The highest BCUT2D eigenvalue weighted by molar-refractivity contribution is 14.0. The Bertz CT molecular complexity index is 633. The molecular weight excluding hydrogens is 493 g/mol. The van der Waals surface area contributed by atoms with Gasteiger partial charge in [-0.3, -0.25) is 9.89 Å². The van der Waals surface area contributed by atoms with Crippen LogP contribution in [0.1, 0.15) is 49.9 Å². The third-order valence-electron chi connectivity index (χ3n) is 6.61. The Balaban J connectivity index is 0.00000240. The molecule has 2 aliphatic heterocycles. The summed E-state index contributed by atoms with van der Waals surface area (Å²) in [6, 6.07) is 5.92. The van der Waals surface area contributed by atoms with Crippen molar-refractivity contribution in [3.8, 4) is 0 Å². The van der Waals surface area contributed by atoms with Crippen LogP contribution in [0.5, 0.6) is 0 Å². The molecule has 3 unspecified atom stereocenters. The van der Waals surface area contributed by atoms with E-state index >= 15 is 0 Å². The number of nitrogens with one attached hydrogen (secondary N) is 2.